The zero-order chi connectivity index (χ0) is 20.2. The molecule has 0 bridgehead atoms. The lowest BCUT2D eigenvalue weighted by Gasteiger charge is -2.24. The van der Waals surface area contributed by atoms with E-state index in [1.54, 1.807) is 77.1 Å². The van der Waals surface area contributed by atoms with Crippen molar-refractivity contribution < 1.29 is 18.7 Å². The van der Waals surface area contributed by atoms with Crippen LogP contribution < -0.4 is 10.6 Å². The van der Waals surface area contributed by atoms with Crippen molar-refractivity contribution in [3.05, 3.63) is 59.9 Å². The fraction of sp³-hybridized carbons (Fsp3) is 0.333. The van der Waals surface area contributed by atoms with E-state index in [0.29, 0.717) is 16.9 Å². The Kier molecular flexibility index (Phi) is 5.88. The van der Waals surface area contributed by atoms with E-state index in [-0.39, 0.29) is 5.91 Å². The normalized spacial score (nSPS) is 11.6. The molecule has 0 fully saturated rings. The van der Waals surface area contributed by atoms with Crippen molar-refractivity contribution in [3.8, 4) is 0 Å². The summed E-state index contributed by atoms with van der Waals surface area (Å²) in [5, 5.41) is 5.40. The lowest BCUT2D eigenvalue weighted by Crippen LogP contribution is -2.35. The van der Waals surface area contributed by atoms with Gasteiger partial charge in [0.2, 0.25) is 5.91 Å². The van der Waals surface area contributed by atoms with Crippen LogP contribution in [0.2, 0.25) is 0 Å². The largest absolute Gasteiger partial charge is 0.444 e. The number of ether oxygens (including phenoxy) is 1. The zero-order valence-electron chi connectivity index (χ0n) is 16.2. The van der Waals surface area contributed by atoms with Crippen LogP contribution in [0.3, 0.4) is 0 Å². The van der Waals surface area contributed by atoms with Gasteiger partial charge in [0.25, 0.3) is 0 Å². The van der Waals surface area contributed by atoms with Crippen LogP contribution in [0.15, 0.2) is 48.5 Å². The third-order valence-electron chi connectivity index (χ3n) is 3.90. The summed E-state index contributed by atoms with van der Waals surface area (Å²) in [5.41, 5.74) is -0.227. The van der Waals surface area contributed by atoms with Crippen molar-refractivity contribution in [1.29, 1.82) is 0 Å². The van der Waals surface area contributed by atoms with Gasteiger partial charge in [-0.05, 0) is 65.0 Å². The van der Waals surface area contributed by atoms with Gasteiger partial charge in [0.1, 0.15) is 11.4 Å². The molecule has 27 heavy (non-hydrogen) atoms. The van der Waals surface area contributed by atoms with E-state index in [1.807, 2.05) is 0 Å². The van der Waals surface area contributed by atoms with E-state index in [2.05, 4.69) is 10.6 Å². The summed E-state index contributed by atoms with van der Waals surface area (Å²) in [6.07, 6.45) is -0.556. The highest BCUT2D eigenvalue weighted by Crippen LogP contribution is 2.27. The molecule has 0 atom stereocenters. The standard InChI is InChI=1S/C21H25FN2O3/c1-20(2,3)27-19(26)24-15-12-10-14(11-13-15)23-18(25)21(4,5)16-8-6-7-9-17(16)22/h6-13H,1-5H3,(H,23,25)(H,24,26). The average molecular weight is 372 g/mol. The van der Waals surface area contributed by atoms with Gasteiger partial charge in [0.15, 0.2) is 0 Å². The van der Waals surface area contributed by atoms with E-state index in [9.17, 15) is 14.0 Å². The second kappa shape index (κ2) is 7.78. The van der Waals surface area contributed by atoms with Gasteiger partial charge in [-0.25, -0.2) is 9.18 Å². The Bertz CT molecular complexity index is 824. The third-order valence-corrected chi connectivity index (χ3v) is 3.90. The molecule has 0 saturated heterocycles. The monoisotopic (exact) mass is 372 g/mol. The Morgan fingerprint density at radius 3 is 1.89 bits per heavy atom. The van der Waals surface area contributed by atoms with Gasteiger partial charge >= 0.3 is 6.09 Å². The molecule has 0 aromatic heterocycles. The molecule has 2 N–H and O–H groups in total. The van der Waals surface area contributed by atoms with Crippen LogP contribution in [0, 0.1) is 5.82 Å². The number of amides is 2. The molecule has 0 aliphatic carbocycles. The number of anilines is 2. The zero-order valence-corrected chi connectivity index (χ0v) is 16.2. The Balaban J connectivity index is 2.04. The summed E-state index contributed by atoms with van der Waals surface area (Å²) in [4.78, 5) is 24.4. The topological polar surface area (TPSA) is 67.4 Å². The highest BCUT2D eigenvalue weighted by molar-refractivity contribution is 5.98. The van der Waals surface area contributed by atoms with Crippen LogP contribution in [0.25, 0.3) is 0 Å². The molecule has 5 nitrogen and oxygen atoms in total. The van der Waals surface area contributed by atoms with Gasteiger partial charge in [0, 0.05) is 16.9 Å². The Hall–Kier alpha value is -2.89. The van der Waals surface area contributed by atoms with Gasteiger partial charge in [-0.1, -0.05) is 18.2 Å². The molecule has 2 aromatic rings. The van der Waals surface area contributed by atoms with Crippen molar-refractivity contribution in [2.45, 2.75) is 45.6 Å². The first-order chi connectivity index (χ1) is 12.5. The summed E-state index contributed by atoms with van der Waals surface area (Å²) in [5.74, 6) is -0.755. The molecular weight excluding hydrogens is 347 g/mol. The lowest BCUT2D eigenvalue weighted by atomic mass is 9.83. The Labute approximate surface area is 158 Å². The molecular formula is C21H25FN2O3. The highest BCUT2D eigenvalue weighted by Gasteiger charge is 2.32. The van der Waals surface area contributed by atoms with E-state index >= 15 is 0 Å². The lowest BCUT2D eigenvalue weighted by molar-refractivity contribution is -0.120. The molecule has 144 valence electrons. The van der Waals surface area contributed by atoms with E-state index < -0.39 is 22.9 Å². The minimum Gasteiger partial charge on any atom is -0.444 e. The van der Waals surface area contributed by atoms with Crippen LogP contribution in [0.5, 0.6) is 0 Å². The van der Waals surface area contributed by atoms with E-state index in [0.717, 1.165) is 0 Å². The predicted molar refractivity (Wildman–Crippen MR) is 104 cm³/mol. The van der Waals surface area contributed by atoms with E-state index in [1.165, 1.54) is 6.07 Å². The first-order valence-corrected chi connectivity index (χ1v) is 8.65. The number of nitrogens with one attached hydrogen (secondary N) is 2. The van der Waals surface area contributed by atoms with Gasteiger partial charge < -0.3 is 10.1 Å². The van der Waals surface area contributed by atoms with Crippen LogP contribution in [0.1, 0.15) is 40.2 Å². The maximum absolute atomic E-state index is 14.0. The number of rotatable bonds is 4. The second-order valence-corrected chi connectivity index (χ2v) is 7.76. The molecule has 0 heterocycles. The smallest absolute Gasteiger partial charge is 0.412 e. The fourth-order valence-electron chi connectivity index (χ4n) is 2.44. The molecule has 0 saturated carbocycles. The highest BCUT2D eigenvalue weighted by atomic mass is 19.1. The van der Waals surface area contributed by atoms with Crippen molar-refractivity contribution in [1.82, 2.24) is 0 Å². The van der Waals surface area contributed by atoms with Crippen LogP contribution in [-0.2, 0) is 14.9 Å². The third kappa shape index (κ3) is 5.54. The maximum Gasteiger partial charge on any atom is 0.412 e. The molecule has 0 aliphatic heterocycles. The second-order valence-electron chi connectivity index (χ2n) is 7.76. The minimum atomic E-state index is -1.04. The van der Waals surface area contributed by atoms with Gasteiger partial charge in [-0.3, -0.25) is 10.1 Å². The quantitative estimate of drug-likeness (QED) is 0.786. The van der Waals surface area contributed by atoms with Gasteiger partial charge in [-0.15, -0.1) is 0 Å². The van der Waals surface area contributed by atoms with Gasteiger partial charge in [0.05, 0.1) is 5.41 Å². The molecule has 0 unspecified atom stereocenters. The number of benzene rings is 2. The fourth-order valence-corrected chi connectivity index (χ4v) is 2.44. The number of carbonyl (C=O) groups is 2. The number of carbonyl (C=O) groups excluding carboxylic acids is 2. The maximum atomic E-state index is 14.0. The Morgan fingerprint density at radius 2 is 1.37 bits per heavy atom. The molecule has 2 aromatic carbocycles. The molecule has 0 aliphatic rings. The van der Waals surface area contributed by atoms with Crippen molar-refractivity contribution in [2.24, 2.45) is 0 Å². The molecule has 6 heteroatoms. The Morgan fingerprint density at radius 1 is 0.852 bits per heavy atom. The van der Waals surface area contributed by atoms with Gasteiger partial charge in [-0.2, -0.15) is 0 Å². The molecule has 0 spiro atoms. The first-order valence-electron chi connectivity index (χ1n) is 8.65. The first kappa shape index (κ1) is 20.4. The molecule has 2 rings (SSSR count). The van der Waals surface area contributed by atoms with Crippen LogP contribution in [0.4, 0.5) is 20.6 Å². The molecule has 0 radical (unpaired) electrons. The summed E-state index contributed by atoms with van der Waals surface area (Å²) < 4.78 is 19.2. The summed E-state index contributed by atoms with van der Waals surface area (Å²) >= 11 is 0. The predicted octanol–water partition coefficient (Wildman–Crippen LogP) is 5.09. The average Bonchev–Trinajstić information content (AvgIpc) is 2.55. The number of halogens is 1. The van der Waals surface area contributed by atoms with E-state index in [4.69, 9.17) is 4.74 Å². The summed E-state index contributed by atoms with van der Waals surface area (Å²) in [7, 11) is 0. The summed E-state index contributed by atoms with van der Waals surface area (Å²) in [6.45, 7) is 8.67. The van der Waals surface area contributed by atoms with Crippen LogP contribution in [-0.4, -0.2) is 17.6 Å². The minimum absolute atomic E-state index is 0.325. The number of hydrogen-bond acceptors (Lipinski definition) is 3. The number of hydrogen-bond donors (Lipinski definition) is 2. The SMILES string of the molecule is CC(C)(C)OC(=O)Nc1ccc(NC(=O)C(C)(C)c2ccccc2F)cc1. The van der Waals surface area contributed by atoms with Crippen molar-refractivity contribution in [3.63, 3.8) is 0 Å². The summed E-state index contributed by atoms with van der Waals surface area (Å²) in [6, 6.07) is 12.8. The van der Waals surface area contributed by atoms with Crippen molar-refractivity contribution >= 4 is 23.4 Å². The van der Waals surface area contributed by atoms with Crippen molar-refractivity contribution in [2.75, 3.05) is 10.6 Å². The van der Waals surface area contributed by atoms with Crippen LogP contribution >= 0.6 is 0 Å². The molecule has 2 amide bonds.